The number of nitrogens with zero attached hydrogens (tertiary/aromatic N) is 3. The summed E-state index contributed by atoms with van der Waals surface area (Å²) in [4.78, 5) is 5.25. The zero-order valence-electron chi connectivity index (χ0n) is 8.94. The molecule has 2 rings (SSSR count). The summed E-state index contributed by atoms with van der Waals surface area (Å²) in [5.41, 5.74) is 6.34. The van der Waals surface area contributed by atoms with Crippen LogP contribution in [0.3, 0.4) is 0 Å². The highest BCUT2D eigenvalue weighted by Gasteiger charge is 2.22. The standard InChI is InChI=1S/C9H12ClN5S/c1-5-9(16-4-12-5)7(14-11)8-6(10)3-13-15(8)2/h3-4,7,14H,11H2,1-2H3. The smallest absolute Gasteiger partial charge is 0.100 e. The first kappa shape index (κ1) is 11.5. The van der Waals surface area contributed by atoms with E-state index in [9.17, 15) is 0 Å². The molecule has 86 valence electrons. The van der Waals surface area contributed by atoms with Gasteiger partial charge in [-0.05, 0) is 6.92 Å². The van der Waals surface area contributed by atoms with Crippen LogP contribution < -0.4 is 11.3 Å². The summed E-state index contributed by atoms with van der Waals surface area (Å²) in [7, 11) is 1.84. The molecule has 0 aliphatic rings. The van der Waals surface area contributed by atoms with Crippen LogP contribution in [0.1, 0.15) is 22.3 Å². The molecule has 0 saturated heterocycles. The summed E-state index contributed by atoms with van der Waals surface area (Å²) in [6, 6.07) is -0.174. The van der Waals surface area contributed by atoms with Gasteiger partial charge in [0.2, 0.25) is 0 Å². The first-order valence-electron chi connectivity index (χ1n) is 4.68. The summed E-state index contributed by atoms with van der Waals surface area (Å²) in [5.74, 6) is 5.59. The summed E-state index contributed by atoms with van der Waals surface area (Å²) in [6.45, 7) is 1.94. The van der Waals surface area contributed by atoms with E-state index in [0.29, 0.717) is 5.02 Å². The minimum absolute atomic E-state index is 0.174. The highest BCUT2D eigenvalue weighted by atomic mass is 35.5. The third kappa shape index (κ3) is 1.84. The van der Waals surface area contributed by atoms with Crippen LogP contribution in [0.25, 0.3) is 0 Å². The molecular formula is C9H12ClN5S. The van der Waals surface area contributed by atoms with Crippen LogP contribution in [-0.2, 0) is 7.05 Å². The van der Waals surface area contributed by atoms with Gasteiger partial charge in [0, 0.05) is 7.05 Å². The summed E-state index contributed by atoms with van der Waals surface area (Å²) in [5, 5.41) is 4.69. The lowest BCUT2D eigenvalue weighted by Gasteiger charge is -2.15. The van der Waals surface area contributed by atoms with Crippen LogP contribution >= 0.6 is 22.9 Å². The molecule has 1 atom stereocenters. The summed E-state index contributed by atoms with van der Waals surface area (Å²) >= 11 is 7.64. The van der Waals surface area contributed by atoms with Gasteiger partial charge in [0.25, 0.3) is 0 Å². The molecule has 0 aromatic carbocycles. The van der Waals surface area contributed by atoms with E-state index < -0.39 is 0 Å². The molecule has 3 N–H and O–H groups in total. The minimum atomic E-state index is -0.174. The number of nitrogens with one attached hydrogen (secondary N) is 1. The van der Waals surface area contributed by atoms with E-state index in [1.807, 2.05) is 14.0 Å². The third-order valence-electron chi connectivity index (χ3n) is 2.42. The fraction of sp³-hybridized carbons (Fsp3) is 0.333. The Morgan fingerprint density at radius 3 is 2.81 bits per heavy atom. The molecule has 0 aliphatic carbocycles. The van der Waals surface area contributed by atoms with Gasteiger partial charge < -0.3 is 0 Å². The number of aryl methyl sites for hydroxylation is 2. The number of rotatable bonds is 3. The normalized spacial score (nSPS) is 13.0. The Balaban J connectivity index is 2.49. The van der Waals surface area contributed by atoms with E-state index >= 15 is 0 Å². The van der Waals surface area contributed by atoms with Gasteiger partial charge in [-0.15, -0.1) is 11.3 Å². The monoisotopic (exact) mass is 257 g/mol. The van der Waals surface area contributed by atoms with Crippen LogP contribution in [0.15, 0.2) is 11.7 Å². The van der Waals surface area contributed by atoms with Crippen LogP contribution in [0, 0.1) is 6.92 Å². The van der Waals surface area contributed by atoms with Crippen LogP contribution in [0.4, 0.5) is 0 Å². The SMILES string of the molecule is Cc1ncsc1C(NN)c1c(Cl)cnn1C. The zero-order chi connectivity index (χ0) is 11.7. The Morgan fingerprint density at radius 1 is 1.62 bits per heavy atom. The Labute approximate surface area is 102 Å². The van der Waals surface area contributed by atoms with Crippen molar-refractivity contribution >= 4 is 22.9 Å². The average Bonchev–Trinajstić information content (AvgIpc) is 2.80. The van der Waals surface area contributed by atoms with Gasteiger partial charge in [-0.3, -0.25) is 10.5 Å². The Bertz CT molecular complexity index is 472. The highest BCUT2D eigenvalue weighted by Crippen LogP contribution is 2.30. The molecule has 0 saturated carbocycles. The van der Waals surface area contributed by atoms with E-state index in [1.54, 1.807) is 27.7 Å². The predicted octanol–water partition coefficient (Wildman–Crippen LogP) is 1.39. The minimum Gasteiger partial charge on any atom is -0.270 e. The molecule has 0 aliphatic heterocycles. The second-order valence-corrected chi connectivity index (χ2v) is 4.70. The van der Waals surface area contributed by atoms with Crippen molar-refractivity contribution in [2.45, 2.75) is 13.0 Å². The van der Waals surface area contributed by atoms with Gasteiger partial charge in [-0.25, -0.2) is 10.4 Å². The van der Waals surface area contributed by atoms with Crippen molar-refractivity contribution in [3.05, 3.63) is 33.0 Å². The number of thiazole rings is 1. The molecular weight excluding hydrogens is 246 g/mol. The van der Waals surface area contributed by atoms with E-state index in [0.717, 1.165) is 16.3 Å². The van der Waals surface area contributed by atoms with Gasteiger partial charge in [0.1, 0.15) is 6.04 Å². The Hall–Kier alpha value is -0.950. The van der Waals surface area contributed by atoms with E-state index in [4.69, 9.17) is 17.4 Å². The largest absolute Gasteiger partial charge is 0.270 e. The molecule has 2 heterocycles. The predicted molar refractivity (Wildman–Crippen MR) is 64.2 cm³/mol. The Morgan fingerprint density at radius 2 is 2.38 bits per heavy atom. The lowest BCUT2D eigenvalue weighted by molar-refractivity contribution is 0.579. The van der Waals surface area contributed by atoms with Crippen LogP contribution in [0.5, 0.6) is 0 Å². The lowest BCUT2D eigenvalue weighted by atomic mass is 10.1. The van der Waals surface area contributed by atoms with Crippen molar-refractivity contribution in [1.29, 1.82) is 0 Å². The van der Waals surface area contributed by atoms with E-state index in [2.05, 4.69) is 15.5 Å². The number of hydrogen-bond acceptors (Lipinski definition) is 5. The van der Waals surface area contributed by atoms with Crippen molar-refractivity contribution in [2.24, 2.45) is 12.9 Å². The molecule has 0 amide bonds. The molecule has 0 radical (unpaired) electrons. The molecule has 0 spiro atoms. The second kappa shape index (κ2) is 4.50. The second-order valence-electron chi connectivity index (χ2n) is 3.40. The first-order valence-corrected chi connectivity index (χ1v) is 5.94. The maximum absolute atomic E-state index is 6.09. The molecule has 0 bridgehead atoms. The molecule has 2 aromatic rings. The summed E-state index contributed by atoms with van der Waals surface area (Å²) in [6.07, 6.45) is 1.61. The van der Waals surface area contributed by atoms with Gasteiger partial charge in [-0.1, -0.05) is 11.6 Å². The van der Waals surface area contributed by atoms with Gasteiger partial charge in [0.05, 0.1) is 33.0 Å². The van der Waals surface area contributed by atoms with Gasteiger partial charge >= 0.3 is 0 Å². The Kier molecular flexibility index (Phi) is 3.25. The third-order valence-corrected chi connectivity index (χ3v) is 3.71. The van der Waals surface area contributed by atoms with Gasteiger partial charge in [-0.2, -0.15) is 5.10 Å². The average molecular weight is 258 g/mol. The molecule has 0 fully saturated rings. The molecule has 16 heavy (non-hydrogen) atoms. The van der Waals surface area contributed by atoms with Crippen molar-refractivity contribution in [1.82, 2.24) is 20.2 Å². The van der Waals surface area contributed by atoms with Crippen molar-refractivity contribution < 1.29 is 0 Å². The van der Waals surface area contributed by atoms with Gasteiger partial charge in [0.15, 0.2) is 0 Å². The molecule has 1 unspecified atom stereocenters. The quantitative estimate of drug-likeness (QED) is 0.644. The van der Waals surface area contributed by atoms with Crippen molar-refractivity contribution in [3.8, 4) is 0 Å². The van der Waals surface area contributed by atoms with E-state index in [1.165, 1.54) is 0 Å². The topological polar surface area (TPSA) is 68.8 Å². The number of hydrogen-bond donors (Lipinski definition) is 2. The van der Waals surface area contributed by atoms with Crippen molar-refractivity contribution in [2.75, 3.05) is 0 Å². The first-order chi connectivity index (χ1) is 7.65. The maximum Gasteiger partial charge on any atom is 0.100 e. The fourth-order valence-electron chi connectivity index (χ4n) is 1.61. The zero-order valence-corrected chi connectivity index (χ0v) is 10.5. The summed E-state index contributed by atoms with van der Waals surface area (Å²) < 4.78 is 1.71. The number of halogens is 1. The molecule has 5 nitrogen and oxygen atoms in total. The number of aromatic nitrogens is 3. The fourth-order valence-corrected chi connectivity index (χ4v) is 2.75. The number of hydrazine groups is 1. The lowest BCUT2D eigenvalue weighted by Crippen LogP contribution is -2.30. The van der Waals surface area contributed by atoms with Crippen LogP contribution in [0.2, 0.25) is 5.02 Å². The maximum atomic E-state index is 6.09. The van der Waals surface area contributed by atoms with Crippen molar-refractivity contribution in [3.63, 3.8) is 0 Å². The molecule has 2 aromatic heterocycles. The highest BCUT2D eigenvalue weighted by molar-refractivity contribution is 7.09. The molecule has 7 heteroatoms. The number of nitrogens with two attached hydrogens (primary N) is 1. The van der Waals surface area contributed by atoms with Crippen LogP contribution in [-0.4, -0.2) is 14.8 Å². The van der Waals surface area contributed by atoms with E-state index in [-0.39, 0.29) is 6.04 Å².